The highest BCUT2D eigenvalue weighted by molar-refractivity contribution is 5.90. The second kappa shape index (κ2) is 4.75. The van der Waals surface area contributed by atoms with Gasteiger partial charge in [-0.05, 0) is 42.7 Å². The Labute approximate surface area is 126 Å². The molecule has 21 heavy (non-hydrogen) atoms. The Balaban J connectivity index is 1.79. The number of nitrogens with zero attached hydrogens (tertiary/aromatic N) is 2. The number of fused-ring (bicyclic) bond motifs is 2. The van der Waals surface area contributed by atoms with E-state index in [1.54, 1.807) is 0 Å². The molecule has 3 heteroatoms. The fraction of sp³-hybridized carbons (Fsp3) is 0.611. The van der Waals surface area contributed by atoms with Crippen LogP contribution in [-0.2, 0) is 0 Å². The van der Waals surface area contributed by atoms with Crippen molar-refractivity contribution in [1.82, 2.24) is 9.97 Å². The Kier molecular flexibility index (Phi) is 2.98. The number of aromatic nitrogens is 2. The molecule has 0 amide bonds. The molecule has 112 valence electrons. The number of rotatable bonds is 1. The Morgan fingerprint density at radius 3 is 3.00 bits per heavy atom. The number of piperidine rings is 1. The third-order valence-corrected chi connectivity index (χ3v) is 5.43. The summed E-state index contributed by atoms with van der Waals surface area (Å²) >= 11 is 0. The Morgan fingerprint density at radius 1 is 1.24 bits per heavy atom. The predicted octanol–water partition coefficient (Wildman–Crippen LogP) is 4.36. The molecule has 3 nitrogen and oxygen atoms in total. The van der Waals surface area contributed by atoms with E-state index in [2.05, 4.69) is 40.8 Å². The first-order chi connectivity index (χ1) is 10.1. The minimum absolute atomic E-state index is 0.407. The standard InChI is InChI=1S/C18H25N3/c1-18(2)11-13-5-3-4-6-15(13)21(12-18)16-8-10-20-17-14(16)7-9-19-17/h7-10,13,15H,3-6,11-12H2,1-2H3,(H,19,20)/t13-,15+/m1/s1. The summed E-state index contributed by atoms with van der Waals surface area (Å²) in [6.45, 7) is 6.03. The van der Waals surface area contributed by atoms with Crippen LogP contribution < -0.4 is 4.90 Å². The van der Waals surface area contributed by atoms with Gasteiger partial charge in [0.1, 0.15) is 5.65 Å². The number of nitrogens with one attached hydrogen (secondary N) is 1. The maximum atomic E-state index is 4.45. The van der Waals surface area contributed by atoms with Gasteiger partial charge in [-0.25, -0.2) is 4.98 Å². The zero-order chi connectivity index (χ0) is 14.4. The van der Waals surface area contributed by atoms with Gasteiger partial charge in [-0.3, -0.25) is 0 Å². The van der Waals surface area contributed by atoms with Crippen LogP contribution in [0.5, 0.6) is 0 Å². The number of pyridine rings is 1. The monoisotopic (exact) mass is 283 g/mol. The van der Waals surface area contributed by atoms with Gasteiger partial charge in [0.2, 0.25) is 0 Å². The molecule has 4 rings (SSSR count). The molecule has 3 heterocycles. The Hall–Kier alpha value is -1.51. The molecular formula is C18H25N3. The summed E-state index contributed by atoms with van der Waals surface area (Å²) in [5.74, 6) is 0.865. The summed E-state index contributed by atoms with van der Waals surface area (Å²) in [4.78, 5) is 10.4. The molecule has 1 saturated heterocycles. The molecule has 0 unspecified atom stereocenters. The molecule has 0 radical (unpaired) electrons. The molecule has 2 aromatic heterocycles. The van der Waals surface area contributed by atoms with Crippen molar-refractivity contribution in [2.75, 3.05) is 11.4 Å². The summed E-state index contributed by atoms with van der Waals surface area (Å²) in [5, 5.41) is 1.28. The van der Waals surface area contributed by atoms with E-state index in [0.717, 1.165) is 17.6 Å². The van der Waals surface area contributed by atoms with E-state index in [4.69, 9.17) is 0 Å². The largest absolute Gasteiger partial charge is 0.367 e. The molecule has 2 atom stereocenters. The van der Waals surface area contributed by atoms with Gasteiger partial charge in [-0.1, -0.05) is 26.7 Å². The molecule has 0 aromatic carbocycles. The highest BCUT2D eigenvalue weighted by Crippen LogP contribution is 2.45. The lowest BCUT2D eigenvalue weighted by atomic mass is 9.69. The van der Waals surface area contributed by atoms with E-state index in [9.17, 15) is 0 Å². The number of aromatic amines is 1. The van der Waals surface area contributed by atoms with E-state index >= 15 is 0 Å². The van der Waals surface area contributed by atoms with Crippen LogP contribution in [0.3, 0.4) is 0 Å². The van der Waals surface area contributed by atoms with Crippen LogP contribution in [0.1, 0.15) is 46.0 Å². The first-order valence-electron chi connectivity index (χ1n) is 8.33. The van der Waals surface area contributed by atoms with Crippen molar-refractivity contribution in [3.63, 3.8) is 0 Å². The summed E-state index contributed by atoms with van der Waals surface area (Å²) in [5.41, 5.74) is 2.80. The van der Waals surface area contributed by atoms with Crippen molar-refractivity contribution < 1.29 is 0 Å². The van der Waals surface area contributed by atoms with Gasteiger partial charge in [-0.2, -0.15) is 0 Å². The SMILES string of the molecule is CC1(C)C[C@H]2CCCC[C@@H]2N(c2ccnc3[nH]ccc23)C1. The van der Waals surface area contributed by atoms with Crippen molar-refractivity contribution in [3.05, 3.63) is 24.5 Å². The molecule has 1 N–H and O–H groups in total. The van der Waals surface area contributed by atoms with Crippen LogP contribution in [0, 0.1) is 11.3 Å². The first kappa shape index (κ1) is 13.2. The zero-order valence-electron chi connectivity index (χ0n) is 13.1. The summed E-state index contributed by atoms with van der Waals surface area (Å²) < 4.78 is 0. The van der Waals surface area contributed by atoms with Crippen LogP contribution in [-0.4, -0.2) is 22.6 Å². The highest BCUT2D eigenvalue weighted by Gasteiger charge is 2.41. The van der Waals surface area contributed by atoms with Crippen LogP contribution in [0.2, 0.25) is 0 Å². The van der Waals surface area contributed by atoms with Crippen molar-refractivity contribution in [1.29, 1.82) is 0 Å². The minimum Gasteiger partial charge on any atom is -0.367 e. The molecule has 2 aromatic rings. The van der Waals surface area contributed by atoms with E-state index in [-0.39, 0.29) is 0 Å². The second-order valence-electron chi connectivity index (χ2n) is 7.68. The normalized spacial score (nSPS) is 28.6. The molecule has 0 spiro atoms. The van der Waals surface area contributed by atoms with Gasteiger partial charge >= 0.3 is 0 Å². The van der Waals surface area contributed by atoms with Crippen LogP contribution in [0.4, 0.5) is 5.69 Å². The maximum Gasteiger partial charge on any atom is 0.139 e. The fourth-order valence-electron chi connectivity index (χ4n) is 4.65. The smallest absolute Gasteiger partial charge is 0.139 e. The van der Waals surface area contributed by atoms with Gasteiger partial charge in [0.05, 0.1) is 0 Å². The van der Waals surface area contributed by atoms with Crippen LogP contribution >= 0.6 is 0 Å². The van der Waals surface area contributed by atoms with E-state index in [1.165, 1.54) is 49.7 Å². The lowest BCUT2D eigenvalue weighted by Gasteiger charge is -2.51. The van der Waals surface area contributed by atoms with Gasteiger partial charge in [0.15, 0.2) is 0 Å². The van der Waals surface area contributed by atoms with Crippen molar-refractivity contribution in [2.24, 2.45) is 11.3 Å². The topological polar surface area (TPSA) is 31.9 Å². The van der Waals surface area contributed by atoms with Crippen LogP contribution in [0.25, 0.3) is 11.0 Å². The maximum absolute atomic E-state index is 4.45. The third-order valence-electron chi connectivity index (χ3n) is 5.43. The molecule has 2 fully saturated rings. The summed E-state index contributed by atoms with van der Waals surface area (Å²) in [6.07, 6.45) is 10.9. The molecule has 1 aliphatic heterocycles. The fourth-order valence-corrected chi connectivity index (χ4v) is 4.65. The van der Waals surface area contributed by atoms with E-state index in [1.807, 2.05) is 12.4 Å². The van der Waals surface area contributed by atoms with Gasteiger partial charge in [0, 0.05) is 36.1 Å². The quantitative estimate of drug-likeness (QED) is 0.843. The van der Waals surface area contributed by atoms with Crippen LogP contribution in [0.15, 0.2) is 24.5 Å². The lowest BCUT2D eigenvalue weighted by molar-refractivity contribution is 0.146. The summed E-state index contributed by atoms with van der Waals surface area (Å²) in [6, 6.07) is 5.12. The minimum atomic E-state index is 0.407. The molecular weight excluding hydrogens is 258 g/mol. The molecule has 2 aliphatic rings. The second-order valence-corrected chi connectivity index (χ2v) is 7.68. The third kappa shape index (κ3) is 2.23. The van der Waals surface area contributed by atoms with Gasteiger partial charge < -0.3 is 9.88 Å². The Morgan fingerprint density at radius 2 is 2.10 bits per heavy atom. The Bertz CT molecular complexity index is 643. The number of hydrogen-bond acceptors (Lipinski definition) is 2. The van der Waals surface area contributed by atoms with E-state index in [0.29, 0.717) is 5.41 Å². The average molecular weight is 283 g/mol. The number of anilines is 1. The zero-order valence-corrected chi connectivity index (χ0v) is 13.1. The van der Waals surface area contributed by atoms with Crippen molar-refractivity contribution in [3.8, 4) is 0 Å². The predicted molar refractivity (Wildman–Crippen MR) is 87.6 cm³/mol. The highest BCUT2D eigenvalue weighted by atomic mass is 15.2. The average Bonchev–Trinajstić information content (AvgIpc) is 2.93. The van der Waals surface area contributed by atoms with Crippen molar-refractivity contribution in [2.45, 2.75) is 52.0 Å². The number of H-pyrrole nitrogens is 1. The summed E-state index contributed by atoms with van der Waals surface area (Å²) in [7, 11) is 0. The van der Waals surface area contributed by atoms with Gasteiger partial charge in [0.25, 0.3) is 0 Å². The molecule has 1 saturated carbocycles. The van der Waals surface area contributed by atoms with E-state index < -0.39 is 0 Å². The molecule has 1 aliphatic carbocycles. The van der Waals surface area contributed by atoms with Gasteiger partial charge in [-0.15, -0.1) is 0 Å². The lowest BCUT2D eigenvalue weighted by Crippen LogP contribution is -2.53. The molecule has 0 bridgehead atoms. The first-order valence-corrected chi connectivity index (χ1v) is 8.33. The number of hydrogen-bond donors (Lipinski definition) is 1. The van der Waals surface area contributed by atoms with Crippen molar-refractivity contribution >= 4 is 16.7 Å².